The fraction of sp³-hybridized carbons (Fsp3) is 0.533. The SMILES string of the molecule is CCCCCCN1C(=O)c2ccccc2C1C. The summed E-state index contributed by atoms with van der Waals surface area (Å²) in [6, 6.07) is 8.23. The van der Waals surface area contributed by atoms with E-state index in [1.165, 1.54) is 24.8 Å². The van der Waals surface area contributed by atoms with Crippen molar-refractivity contribution in [2.75, 3.05) is 6.54 Å². The molecule has 0 saturated heterocycles. The molecule has 0 N–H and O–H groups in total. The summed E-state index contributed by atoms with van der Waals surface area (Å²) >= 11 is 0. The number of unbranched alkanes of at least 4 members (excludes halogenated alkanes) is 3. The molecule has 2 heteroatoms. The lowest BCUT2D eigenvalue weighted by Crippen LogP contribution is -2.27. The van der Waals surface area contributed by atoms with E-state index in [4.69, 9.17) is 0 Å². The number of rotatable bonds is 5. The molecule has 0 bridgehead atoms. The molecule has 2 nitrogen and oxygen atoms in total. The Bertz CT molecular complexity index is 400. The van der Waals surface area contributed by atoms with Crippen molar-refractivity contribution in [2.24, 2.45) is 0 Å². The summed E-state index contributed by atoms with van der Waals surface area (Å²) in [5, 5.41) is 0. The Morgan fingerprint density at radius 2 is 1.94 bits per heavy atom. The highest BCUT2D eigenvalue weighted by Crippen LogP contribution is 2.32. The first-order valence-corrected chi connectivity index (χ1v) is 6.65. The van der Waals surface area contributed by atoms with Gasteiger partial charge in [-0.25, -0.2) is 0 Å². The molecule has 2 rings (SSSR count). The number of amides is 1. The maximum absolute atomic E-state index is 12.2. The molecule has 0 radical (unpaired) electrons. The number of nitrogens with zero attached hydrogens (tertiary/aromatic N) is 1. The highest BCUT2D eigenvalue weighted by Gasteiger charge is 2.32. The Labute approximate surface area is 104 Å². The van der Waals surface area contributed by atoms with Crippen LogP contribution in [0.3, 0.4) is 0 Å². The third-order valence-electron chi connectivity index (χ3n) is 3.62. The van der Waals surface area contributed by atoms with Crippen molar-refractivity contribution in [1.82, 2.24) is 4.90 Å². The number of fused-ring (bicyclic) bond motifs is 1. The predicted octanol–water partition coefficient (Wildman–Crippen LogP) is 3.78. The van der Waals surface area contributed by atoms with Crippen LogP contribution in [-0.4, -0.2) is 17.4 Å². The lowest BCUT2D eigenvalue weighted by atomic mass is 10.1. The Morgan fingerprint density at radius 1 is 1.18 bits per heavy atom. The summed E-state index contributed by atoms with van der Waals surface area (Å²) in [4.78, 5) is 14.2. The second-order valence-corrected chi connectivity index (χ2v) is 4.82. The normalized spacial score (nSPS) is 18.6. The van der Waals surface area contributed by atoms with Crippen molar-refractivity contribution in [3.63, 3.8) is 0 Å². The molecule has 0 spiro atoms. The molecule has 1 aliphatic heterocycles. The molecule has 17 heavy (non-hydrogen) atoms. The first-order chi connectivity index (χ1) is 8.25. The van der Waals surface area contributed by atoms with Crippen molar-refractivity contribution in [3.8, 4) is 0 Å². The van der Waals surface area contributed by atoms with Gasteiger partial charge in [0.05, 0.1) is 6.04 Å². The third-order valence-corrected chi connectivity index (χ3v) is 3.62. The Hall–Kier alpha value is -1.31. The highest BCUT2D eigenvalue weighted by atomic mass is 16.2. The van der Waals surface area contributed by atoms with E-state index < -0.39 is 0 Å². The van der Waals surface area contributed by atoms with Gasteiger partial charge in [-0.05, 0) is 25.0 Å². The number of carbonyl (C=O) groups excluding carboxylic acids is 1. The largest absolute Gasteiger partial charge is 0.332 e. The van der Waals surface area contributed by atoms with Crippen LogP contribution >= 0.6 is 0 Å². The van der Waals surface area contributed by atoms with Crippen LogP contribution in [-0.2, 0) is 0 Å². The summed E-state index contributed by atoms with van der Waals surface area (Å²) < 4.78 is 0. The van der Waals surface area contributed by atoms with Crippen molar-refractivity contribution >= 4 is 5.91 Å². The second-order valence-electron chi connectivity index (χ2n) is 4.82. The predicted molar refractivity (Wildman–Crippen MR) is 70.0 cm³/mol. The molecular formula is C15H21NO. The van der Waals surface area contributed by atoms with Crippen LogP contribution in [0.2, 0.25) is 0 Å². The van der Waals surface area contributed by atoms with E-state index in [9.17, 15) is 4.79 Å². The van der Waals surface area contributed by atoms with Gasteiger partial charge in [-0.2, -0.15) is 0 Å². The molecular weight excluding hydrogens is 210 g/mol. The number of carbonyl (C=O) groups is 1. The van der Waals surface area contributed by atoms with E-state index in [-0.39, 0.29) is 11.9 Å². The highest BCUT2D eigenvalue weighted by molar-refractivity contribution is 5.99. The monoisotopic (exact) mass is 231 g/mol. The maximum atomic E-state index is 12.2. The molecule has 1 atom stereocenters. The molecule has 0 fully saturated rings. The molecule has 1 heterocycles. The lowest BCUT2D eigenvalue weighted by molar-refractivity contribution is 0.0734. The fourth-order valence-corrected chi connectivity index (χ4v) is 2.56. The van der Waals surface area contributed by atoms with Crippen molar-refractivity contribution in [1.29, 1.82) is 0 Å². The standard InChI is InChI=1S/C15H21NO/c1-3-4-5-8-11-16-12(2)13-9-6-7-10-14(13)15(16)17/h6-7,9-10,12H,3-5,8,11H2,1-2H3. The zero-order valence-corrected chi connectivity index (χ0v) is 10.8. The van der Waals surface area contributed by atoms with Gasteiger partial charge in [0.15, 0.2) is 0 Å². The average molecular weight is 231 g/mol. The molecule has 1 aromatic rings. The van der Waals surface area contributed by atoms with Crippen LogP contribution in [0.4, 0.5) is 0 Å². The van der Waals surface area contributed by atoms with Gasteiger partial charge in [0.1, 0.15) is 0 Å². The molecule has 0 aromatic heterocycles. The zero-order valence-electron chi connectivity index (χ0n) is 10.8. The van der Waals surface area contributed by atoms with E-state index in [1.54, 1.807) is 0 Å². The van der Waals surface area contributed by atoms with Gasteiger partial charge in [0.2, 0.25) is 0 Å². The van der Waals surface area contributed by atoms with Gasteiger partial charge in [0, 0.05) is 12.1 Å². The topological polar surface area (TPSA) is 20.3 Å². The van der Waals surface area contributed by atoms with Crippen molar-refractivity contribution in [2.45, 2.75) is 45.6 Å². The molecule has 0 aliphatic carbocycles. The quantitative estimate of drug-likeness (QED) is 0.706. The van der Waals surface area contributed by atoms with E-state index in [2.05, 4.69) is 19.9 Å². The summed E-state index contributed by atoms with van der Waals surface area (Å²) in [7, 11) is 0. The number of hydrogen-bond donors (Lipinski definition) is 0. The number of hydrogen-bond acceptors (Lipinski definition) is 1. The van der Waals surface area contributed by atoms with Crippen molar-refractivity contribution < 1.29 is 4.79 Å². The van der Waals surface area contributed by atoms with Gasteiger partial charge >= 0.3 is 0 Å². The van der Waals surface area contributed by atoms with Crippen LogP contribution in [0.5, 0.6) is 0 Å². The second kappa shape index (κ2) is 5.35. The van der Waals surface area contributed by atoms with Crippen LogP contribution in [0.1, 0.15) is 61.5 Å². The summed E-state index contributed by atoms with van der Waals surface area (Å²) in [6.07, 6.45) is 4.86. The molecule has 92 valence electrons. The number of benzene rings is 1. The van der Waals surface area contributed by atoms with Gasteiger partial charge in [-0.1, -0.05) is 44.4 Å². The third kappa shape index (κ3) is 2.36. The Balaban J connectivity index is 2.00. The molecule has 1 aromatic carbocycles. The minimum atomic E-state index is 0.213. The van der Waals surface area contributed by atoms with E-state index in [0.717, 1.165) is 18.5 Å². The summed E-state index contributed by atoms with van der Waals surface area (Å²) in [5.41, 5.74) is 2.09. The molecule has 0 saturated carbocycles. The van der Waals surface area contributed by atoms with Crippen LogP contribution in [0.15, 0.2) is 24.3 Å². The summed E-state index contributed by atoms with van der Waals surface area (Å²) in [6.45, 7) is 5.23. The average Bonchev–Trinajstić information content (AvgIpc) is 2.60. The fourth-order valence-electron chi connectivity index (χ4n) is 2.56. The molecule has 1 unspecified atom stereocenters. The molecule has 1 aliphatic rings. The van der Waals surface area contributed by atoms with Crippen LogP contribution in [0.25, 0.3) is 0 Å². The minimum absolute atomic E-state index is 0.213. The Morgan fingerprint density at radius 3 is 2.65 bits per heavy atom. The first-order valence-electron chi connectivity index (χ1n) is 6.65. The van der Waals surface area contributed by atoms with Gasteiger partial charge in [0.25, 0.3) is 5.91 Å². The van der Waals surface area contributed by atoms with Gasteiger partial charge < -0.3 is 4.90 Å². The van der Waals surface area contributed by atoms with Gasteiger partial charge in [-0.15, -0.1) is 0 Å². The minimum Gasteiger partial charge on any atom is -0.332 e. The van der Waals surface area contributed by atoms with Crippen LogP contribution in [0, 0.1) is 0 Å². The maximum Gasteiger partial charge on any atom is 0.254 e. The first kappa shape index (κ1) is 12.2. The van der Waals surface area contributed by atoms with E-state index >= 15 is 0 Å². The smallest absolute Gasteiger partial charge is 0.254 e. The summed E-state index contributed by atoms with van der Waals surface area (Å²) in [5.74, 6) is 0.213. The van der Waals surface area contributed by atoms with E-state index in [1.807, 2.05) is 23.1 Å². The molecule has 1 amide bonds. The zero-order chi connectivity index (χ0) is 12.3. The van der Waals surface area contributed by atoms with E-state index in [0.29, 0.717) is 0 Å². The van der Waals surface area contributed by atoms with Crippen molar-refractivity contribution in [3.05, 3.63) is 35.4 Å². The Kier molecular flexibility index (Phi) is 3.82. The van der Waals surface area contributed by atoms with Crippen LogP contribution < -0.4 is 0 Å². The van der Waals surface area contributed by atoms with Gasteiger partial charge in [-0.3, -0.25) is 4.79 Å². The lowest BCUT2D eigenvalue weighted by Gasteiger charge is -2.21.